The highest BCUT2D eigenvalue weighted by Crippen LogP contribution is 2.25. The molecule has 0 bridgehead atoms. The molecule has 1 saturated heterocycles. The van der Waals surface area contributed by atoms with Gasteiger partial charge in [-0.3, -0.25) is 14.4 Å². The molecule has 1 fully saturated rings. The molecule has 0 saturated carbocycles. The fourth-order valence-electron chi connectivity index (χ4n) is 3.69. The summed E-state index contributed by atoms with van der Waals surface area (Å²) in [6.45, 7) is 0.678. The number of nitrogens with zero attached hydrogens (tertiary/aromatic N) is 1. The number of carbonyl (C=O) groups excluding carboxylic acids is 3. The highest BCUT2D eigenvalue weighted by atomic mass is 35.5. The Kier molecular flexibility index (Phi) is 6.16. The van der Waals surface area contributed by atoms with Gasteiger partial charge in [0.1, 0.15) is 0 Å². The zero-order chi connectivity index (χ0) is 21.1. The van der Waals surface area contributed by atoms with Crippen LogP contribution >= 0.6 is 22.9 Å². The third-order valence-corrected chi connectivity index (χ3v) is 6.60. The Morgan fingerprint density at radius 2 is 1.73 bits per heavy atom. The fourth-order valence-corrected chi connectivity index (χ4v) is 4.66. The van der Waals surface area contributed by atoms with Gasteiger partial charge in [-0.2, -0.15) is 0 Å². The Hall–Kier alpha value is -2.70. The summed E-state index contributed by atoms with van der Waals surface area (Å²) in [5.74, 6) is -0.975. The van der Waals surface area contributed by atoms with Crippen LogP contribution in [-0.4, -0.2) is 42.3 Å². The number of ether oxygens (including phenoxy) is 1. The van der Waals surface area contributed by atoms with Crippen LogP contribution in [0.25, 0.3) is 10.8 Å². The van der Waals surface area contributed by atoms with Crippen molar-refractivity contribution in [1.29, 1.82) is 0 Å². The standard InChI is InChI=1S/C23H20ClNO4S/c24-21-9-8-20(30-21)19(26)14-29-23(28)16-10-12-25(13-11-16)22(27)18-7-3-5-15-4-1-2-6-17(15)18/h1-9,16H,10-14H2. The molecule has 1 aromatic heterocycles. The maximum Gasteiger partial charge on any atom is 0.309 e. The first-order chi connectivity index (χ1) is 14.5. The number of likely N-dealkylation sites (tertiary alicyclic amines) is 1. The molecule has 2 aromatic carbocycles. The second kappa shape index (κ2) is 8.98. The van der Waals surface area contributed by atoms with E-state index >= 15 is 0 Å². The molecule has 1 aliphatic rings. The minimum Gasteiger partial charge on any atom is -0.457 e. The summed E-state index contributed by atoms with van der Waals surface area (Å²) in [5, 5.41) is 1.96. The lowest BCUT2D eigenvalue weighted by Gasteiger charge is -2.31. The normalized spacial score (nSPS) is 14.6. The molecule has 7 heteroatoms. The van der Waals surface area contributed by atoms with Crippen molar-refractivity contribution in [2.75, 3.05) is 19.7 Å². The molecule has 3 aromatic rings. The van der Waals surface area contributed by atoms with Crippen LogP contribution in [0.2, 0.25) is 4.34 Å². The average Bonchev–Trinajstić information content (AvgIpc) is 3.23. The minimum atomic E-state index is -0.386. The van der Waals surface area contributed by atoms with Crippen molar-refractivity contribution in [3.8, 4) is 0 Å². The maximum absolute atomic E-state index is 13.0. The quantitative estimate of drug-likeness (QED) is 0.420. The fraction of sp³-hybridized carbons (Fsp3) is 0.261. The van der Waals surface area contributed by atoms with E-state index in [1.807, 2.05) is 42.5 Å². The van der Waals surface area contributed by atoms with Crippen LogP contribution in [0.4, 0.5) is 0 Å². The first-order valence-electron chi connectivity index (χ1n) is 9.75. The second-order valence-electron chi connectivity index (χ2n) is 7.23. The topological polar surface area (TPSA) is 63.7 Å². The molecule has 154 valence electrons. The molecule has 30 heavy (non-hydrogen) atoms. The highest BCUT2D eigenvalue weighted by Gasteiger charge is 2.29. The van der Waals surface area contributed by atoms with Crippen molar-refractivity contribution in [1.82, 2.24) is 4.90 Å². The SMILES string of the molecule is O=C(COC(=O)C1CCN(C(=O)c2cccc3ccccc23)CC1)c1ccc(Cl)s1. The lowest BCUT2D eigenvalue weighted by atomic mass is 9.95. The lowest BCUT2D eigenvalue weighted by Crippen LogP contribution is -2.40. The Bertz CT molecular complexity index is 1100. The van der Waals surface area contributed by atoms with E-state index in [9.17, 15) is 14.4 Å². The number of esters is 1. The van der Waals surface area contributed by atoms with Crippen LogP contribution in [0.15, 0.2) is 54.6 Å². The first-order valence-corrected chi connectivity index (χ1v) is 10.9. The van der Waals surface area contributed by atoms with Crippen molar-refractivity contribution >= 4 is 51.4 Å². The zero-order valence-electron chi connectivity index (χ0n) is 16.2. The predicted molar refractivity (Wildman–Crippen MR) is 117 cm³/mol. The summed E-state index contributed by atoms with van der Waals surface area (Å²) in [5.41, 5.74) is 0.675. The van der Waals surface area contributed by atoms with E-state index in [1.54, 1.807) is 17.0 Å². The number of ketones is 1. The molecular formula is C23H20ClNO4S. The maximum atomic E-state index is 13.0. The van der Waals surface area contributed by atoms with Gasteiger partial charge in [0.2, 0.25) is 5.78 Å². The summed E-state index contributed by atoms with van der Waals surface area (Å²) in [7, 11) is 0. The van der Waals surface area contributed by atoms with Crippen molar-refractivity contribution in [2.24, 2.45) is 5.92 Å². The summed E-state index contributed by atoms with van der Waals surface area (Å²) in [4.78, 5) is 39.7. The van der Waals surface area contributed by atoms with Gasteiger partial charge in [-0.1, -0.05) is 48.0 Å². The molecule has 1 aliphatic heterocycles. The van der Waals surface area contributed by atoms with Gasteiger partial charge >= 0.3 is 5.97 Å². The van der Waals surface area contributed by atoms with E-state index in [4.69, 9.17) is 16.3 Å². The molecular weight excluding hydrogens is 422 g/mol. The number of amides is 1. The third kappa shape index (κ3) is 4.40. The van der Waals surface area contributed by atoms with Gasteiger partial charge in [0, 0.05) is 18.7 Å². The molecule has 0 aliphatic carbocycles. The minimum absolute atomic E-state index is 0.0247. The number of halogens is 1. The first kappa shape index (κ1) is 20.6. The second-order valence-corrected chi connectivity index (χ2v) is 8.94. The van der Waals surface area contributed by atoms with Gasteiger partial charge in [-0.25, -0.2) is 0 Å². The molecule has 0 unspecified atom stereocenters. The number of rotatable bonds is 5. The Morgan fingerprint density at radius 1 is 1.00 bits per heavy atom. The van der Waals surface area contributed by atoms with Crippen LogP contribution in [0.1, 0.15) is 32.9 Å². The summed E-state index contributed by atoms with van der Waals surface area (Å²) in [6, 6.07) is 16.8. The van der Waals surface area contributed by atoms with Gasteiger partial charge in [0.15, 0.2) is 6.61 Å². The number of piperidine rings is 1. The number of Topliss-reactive ketones (excluding diaryl/α,β-unsaturated/α-hetero) is 1. The number of thiophene rings is 1. The molecule has 1 amide bonds. The van der Waals surface area contributed by atoms with Crippen LogP contribution in [-0.2, 0) is 9.53 Å². The predicted octanol–water partition coefficient (Wildman–Crippen LogP) is 4.83. The average molecular weight is 442 g/mol. The van der Waals surface area contributed by atoms with Crippen molar-refractivity contribution in [3.05, 3.63) is 69.4 Å². The van der Waals surface area contributed by atoms with Gasteiger partial charge in [0.25, 0.3) is 5.91 Å². The van der Waals surface area contributed by atoms with Crippen molar-refractivity contribution in [2.45, 2.75) is 12.8 Å². The number of hydrogen-bond donors (Lipinski definition) is 0. The number of benzene rings is 2. The van der Waals surface area contributed by atoms with Gasteiger partial charge < -0.3 is 9.64 Å². The lowest BCUT2D eigenvalue weighted by molar-refractivity contribution is -0.148. The zero-order valence-corrected chi connectivity index (χ0v) is 17.7. The molecule has 0 N–H and O–H groups in total. The number of fused-ring (bicyclic) bond motifs is 1. The van der Waals surface area contributed by atoms with Gasteiger partial charge in [0.05, 0.1) is 15.1 Å². The van der Waals surface area contributed by atoms with Crippen molar-refractivity contribution in [3.63, 3.8) is 0 Å². The van der Waals surface area contributed by atoms with Gasteiger partial charge in [-0.15, -0.1) is 11.3 Å². The van der Waals surface area contributed by atoms with Crippen LogP contribution in [0.3, 0.4) is 0 Å². The van der Waals surface area contributed by atoms with Gasteiger partial charge in [-0.05, 0) is 41.8 Å². The molecule has 4 rings (SSSR count). The smallest absolute Gasteiger partial charge is 0.309 e. The third-order valence-electron chi connectivity index (χ3n) is 5.33. The van der Waals surface area contributed by atoms with E-state index in [0.29, 0.717) is 40.7 Å². The summed E-state index contributed by atoms with van der Waals surface area (Å²) in [6.07, 6.45) is 1.04. The Morgan fingerprint density at radius 3 is 2.47 bits per heavy atom. The largest absolute Gasteiger partial charge is 0.457 e. The number of carbonyl (C=O) groups is 3. The number of hydrogen-bond acceptors (Lipinski definition) is 5. The van der Waals surface area contributed by atoms with E-state index in [1.165, 1.54) is 11.3 Å². The van der Waals surface area contributed by atoms with Crippen LogP contribution < -0.4 is 0 Å². The summed E-state index contributed by atoms with van der Waals surface area (Å²) >= 11 is 7.00. The molecule has 0 spiro atoms. The van der Waals surface area contributed by atoms with Crippen molar-refractivity contribution < 1.29 is 19.1 Å². The van der Waals surface area contributed by atoms with Crippen LogP contribution in [0.5, 0.6) is 0 Å². The molecule has 2 heterocycles. The summed E-state index contributed by atoms with van der Waals surface area (Å²) < 4.78 is 5.74. The van der Waals surface area contributed by atoms with E-state index < -0.39 is 0 Å². The monoisotopic (exact) mass is 441 g/mol. The molecule has 0 radical (unpaired) electrons. The highest BCUT2D eigenvalue weighted by molar-refractivity contribution is 7.18. The molecule has 0 atom stereocenters. The van der Waals surface area contributed by atoms with Crippen LogP contribution in [0, 0.1) is 5.92 Å². The Balaban J connectivity index is 1.32. The molecule has 5 nitrogen and oxygen atoms in total. The Labute approximate surface area is 183 Å². The van der Waals surface area contributed by atoms with E-state index in [0.717, 1.165) is 10.8 Å². The van der Waals surface area contributed by atoms with E-state index in [2.05, 4.69) is 0 Å². The van der Waals surface area contributed by atoms with E-state index in [-0.39, 0.29) is 30.2 Å².